The van der Waals surface area contributed by atoms with Gasteiger partial charge < -0.3 is 5.11 Å². The van der Waals surface area contributed by atoms with Gasteiger partial charge in [-0.3, -0.25) is 4.90 Å². The van der Waals surface area contributed by atoms with Gasteiger partial charge in [0, 0.05) is 18.6 Å². The minimum absolute atomic E-state index is 0.512. The molecule has 1 aromatic carbocycles. The highest BCUT2D eigenvalue weighted by molar-refractivity contribution is 5.25. The van der Waals surface area contributed by atoms with E-state index in [0.717, 1.165) is 24.6 Å². The summed E-state index contributed by atoms with van der Waals surface area (Å²) < 4.78 is 0. The fraction of sp³-hybridized carbons (Fsp3) is 0.571. The quantitative estimate of drug-likeness (QED) is 0.820. The van der Waals surface area contributed by atoms with Crippen molar-refractivity contribution in [2.75, 3.05) is 6.54 Å². The van der Waals surface area contributed by atoms with Crippen LogP contribution in [0.3, 0.4) is 0 Å². The topological polar surface area (TPSA) is 23.5 Å². The Bertz CT molecular complexity index is 374. The number of β-amino-alcohol motifs (C(OH)–C–C–N with tert-alkyl or cyclic N) is 1. The van der Waals surface area contributed by atoms with Crippen molar-refractivity contribution in [1.82, 2.24) is 4.90 Å². The van der Waals surface area contributed by atoms with Crippen LogP contribution in [0.25, 0.3) is 0 Å². The summed E-state index contributed by atoms with van der Waals surface area (Å²) in [6.45, 7) is 3.04. The van der Waals surface area contributed by atoms with Crippen molar-refractivity contribution in [3.8, 4) is 0 Å². The molecule has 1 N–H and O–H groups in total. The van der Waals surface area contributed by atoms with Gasteiger partial charge in [0.05, 0.1) is 0 Å². The summed E-state index contributed by atoms with van der Waals surface area (Å²) in [6, 6.07) is 11.4. The van der Waals surface area contributed by atoms with Gasteiger partial charge in [0.15, 0.2) is 0 Å². The molecule has 1 aromatic rings. The van der Waals surface area contributed by atoms with Crippen molar-refractivity contribution in [1.29, 1.82) is 0 Å². The lowest BCUT2D eigenvalue weighted by atomic mass is 9.92. The molecule has 2 heteroatoms. The number of nitrogens with zero attached hydrogens (tertiary/aromatic N) is 1. The number of benzene rings is 1. The molecule has 0 aromatic heterocycles. The van der Waals surface area contributed by atoms with Crippen LogP contribution >= 0.6 is 0 Å². The zero-order valence-electron chi connectivity index (χ0n) is 9.76. The third-order valence-corrected chi connectivity index (χ3v) is 3.97. The maximum absolute atomic E-state index is 10.7. The van der Waals surface area contributed by atoms with Gasteiger partial charge in [-0.25, -0.2) is 0 Å². The predicted octanol–water partition coefficient (Wildman–Crippen LogP) is 2.13. The molecule has 2 atom stereocenters. The second-order valence-electron chi connectivity index (χ2n) is 5.35. The summed E-state index contributed by atoms with van der Waals surface area (Å²) in [6.07, 6.45) is 3.50. The van der Waals surface area contributed by atoms with Crippen LogP contribution in [0.2, 0.25) is 0 Å². The second-order valence-corrected chi connectivity index (χ2v) is 5.35. The Morgan fingerprint density at radius 1 is 1.25 bits per heavy atom. The van der Waals surface area contributed by atoms with Gasteiger partial charge in [-0.05, 0) is 31.7 Å². The first-order valence-electron chi connectivity index (χ1n) is 6.23. The van der Waals surface area contributed by atoms with Crippen LogP contribution in [-0.2, 0) is 5.60 Å². The van der Waals surface area contributed by atoms with Crippen LogP contribution in [0, 0.1) is 0 Å². The normalized spacial score (nSPS) is 35.5. The van der Waals surface area contributed by atoms with E-state index >= 15 is 0 Å². The molecule has 2 fully saturated rings. The van der Waals surface area contributed by atoms with Crippen molar-refractivity contribution < 1.29 is 5.11 Å². The van der Waals surface area contributed by atoms with Crippen LogP contribution in [0.15, 0.2) is 30.3 Å². The van der Waals surface area contributed by atoms with Crippen molar-refractivity contribution in [3.05, 3.63) is 35.9 Å². The molecule has 0 spiro atoms. The van der Waals surface area contributed by atoms with Gasteiger partial charge in [0.1, 0.15) is 5.60 Å². The Morgan fingerprint density at radius 2 is 1.94 bits per heavy atom. The molecule has 16 heavy (non-hydrogen) atoms. The smallest absolute Gasteiger partial charge is 0.104 e. The number of likely N-dealkylation sites (tertiary alicyclic amines) is 1. The molecule has 1 heterocycles. The van der Waals surface area contributed by atoms with E-state index in [-0.39, 0.29) is 0 Å². The summed E-state index contributed by atoms with van der Waals surface area (Å²) in [5.74, 6) is 0. The fourth-order valence-corrected chi connectivity index (χ4v) is 2.98. The van der Waals surface area contributed by atoms with E-state index in [4.69, 9.17) is 0 Å². The van der Waals surface area contributed by atoms with Gasteiger partial charge in [0.25, 0.3) is 0 Å². The van der Waals surface area contributed by atoms with Crippen molar-refractivity contribution in [2.45, 2.75) is 43.9 Å². The lowest BCUT2D eigenvalue weighted by Gasteiger charge is -2.24. The number of hydrogen-bond donors (Lipinski definition) is 1. The van der Waals surface area contributed by atoms with Crippen molar-refractivity contribution in [2.24, 2.45) is 0 Å². The van der Waals surface area contributed by atoms with Crippen molar-refractivity contribution in [3.63, 3.8) is 0 Å². The molecule has 1 saturated heterocycles. The van der Waals surface area contributed by atoms with Gasteiger partial charge in [-0.1, -0.05) is 30.3 Å². The minimum atomic E-state index is -0.622. The van der Waals surface area contributed by atoms with Crippen LogP contribution in [0.5, 0.6) is 0 Å². The van der Waals surface area contributed by atoms with E-state index in [1.54, 1.807) is 0 Å². The average Bonchev–Trinajstić information content (AvgIpc) is 3.07. The second kappa shape index (κ2) is 3.57. The lowest BCUT2D eigenvalue weighted by molar-refractivity contribution is 0.0451. The monoisotopic (exact) mass is 217 g/mol. The van der Waals surface area contributed by atoms with Gasteiger partial charge in [-0.2, -0.15) is 0 Å². The third-order valence-electron chi connectivity index (χ3n) is 3.97. The maximum Gasteiger partial charge on any atom is 0.104 e. The highest BCUT2D eigenvalue weighted by Crippen LogP contribution is 2.41. The zero-order valence-corrected chi connectivity index (χ0v) is 9.76. The van der Waals surface area contributed by atoms with Crippen LogP contribution in [0.4, 0.5) is 0 Å². The molecule has 2 nitrogen and oxygen atoms in total. The van der Waals surface area contributed by atoms with Crippen LogP contribution < -0.4 is 0 Å². The molecule has 0 amide bonds. The molecule has 2 unspecified atom stereocenters. The largest absolute Gasteiger partial charge is 0.384 e. The van der Waals surface area contributed by atoms with Crippen LogP contribution in [-0.4, -0.2) is 28.6 Å². The number of hydrogen-bond acceptors (Lipinski definition) is 2. The van der Waals surface area contributed by atoms with E-state index in [1.165, 1.54) is 12.8 Å². The highest BCUT2D eigenvalue weighted by Gasteiger charge is 2.46. The zero-order chi connectivity index (χ0) is 11.2. The Hall–Kier alpha value is -0.860. The Morgan fingerprint density at radius 3 is 2.56 bits per heavy atom. The first-order valence-corrected chi connectivity index (χ1v) is 6.23. The average molecular weight is 217 g/mol. The first kappa shape index (κ1) is 10.3. The summed E-state index contributed by atoms with van der Waals surface area (Å²) in [4.78, 5) is 2.48. The molecular formula is C14H19NO. The van der Waals surface area contributed by atoms with E-state index < -0.39 is 5.60 Å². The van der Waals surface area contributed by atoms with E-state index in [2.05, 4.69) is 11.8 Å². The molecule has 0 bridgehead atoms. The molecule has 86 valence electrons. The Balaban J connectivity index is 1.84. The number of aliphatic hydroxyl groups is 1. The standard InChI is InChI=1S/C14H19NO/c1-11-9-14(16,10-15(11)13-7-8-13)12-5-3-2-4-6-12/h2-6,11,13,16H,7-10H2,1H3. The summed E-state index contributed by atoms with van der Waals surface area (Å²) >= 11 is 0. The SMILES string of the molecule is CC1CC(O)(c2ccccc2)CN1C1CC1. The summed E-state index contributed by atoms with van der Waals surface area (Å²) in [7, 11) is 0. The molecule has 1 aliphatic carbocycles. The van der Waals surface area contributed by atoms with E-state index in [9.17, 15) is 5.11 Å². The molecule has 1 saturated carbocycles. The minimum Gasteiger partial charge on any atom is -0.384 e. The summed E-state index contributed by atoms with van der Waals surface area (Å²) in [5.41, 5.74) is 0.452. The molecule has 0 radical (unpaired) electrons. The molecular weight excluding hydrogens is 198 g/mol. The number of rotatable bonds is 2. The third kappa shape index (κ3) is 1.66. The molecule has 2 aliphatic rings. The molecule has 3 rings (SSSR count). The summed E-state index contributed by atoms with van der Waals surface area (Å²) in [5, 5.41) is 10.7. The molecule has 1 aliphatic heterocycles. The Kier molecular flexibility index (Phi) is 2.30. The highest BCUT2D eigenvalue weighted by atomic mass is 16.3. The first-order chi connectivity index (χ1) is 7.69. The maximum atomic E-state index is 10.7. The van der Waals surface area contributed by atoms with Gasteiger partial charge in [-0.15, -0.1) is 0 Å². The van der Waals surface area contributed by atoms with Gasteiger partial charge >= 0.3 is 0 Å². The van der Waals surface area contributed by atoms with Gasteiger partial charge in [0.2, 0.25) is 0 Å². The van der Waals surface area contributed by atoms with E-state index in [0.29, 0.717) is 6.04 Å². The van der Waals surface area contributed by atoms with Crippen LogP contribution in [0.1, 0.15) is 31.7 Å². The van der Waals surface area contributed by atoms with Crippen molar-refractivity contribution >= 4 is 0 Å². The Labute approximate surface area is 96.9 Å². The fourth-order valence-electron chi connectivity index (χ4n) is 2.98. The van der Waals surface area contributed by atoms with E-state index in [1.807, 2.05) is 30.3 Å². The predicted molar refractivity (Wildman–Crippen MR) is 64.1 cm³/mol. The lowest BCUT2D eigenvalue weighted by Crippen LogP contribution is -2.33.